The lowest BCUT2D eigenvalue weighted by molar-refractivity contribution is -0.947. The number of carbonyl (C=O) groups excluding carboxylic acids is 1. The van der Waals surface area contributed by atoms with Crippen LogP contribution in [-0.2, 0) is 9.53 Å². The summed E-state index contributed by atoms with van der Waals surface area (Å²) in [6.45, 7) is 1.79. The Kier molecular flexibility index (Phi) is 8.91. The summed E-state index contributed by atoms with van der Waals surface area (Å²) >= 11 is 18.7. The molecular weight excluding hydrogens is 598 g/mol. The van der Waals surface area contributed by atoms with Crippen LogP contribution in [0.5, 0.6) is 0 Å². The first kappa shape index (κ1) is 26.5. The van der Waals surface area contributed by atoms with Crippen LogP contribution in [0.25, 0.3) is 0 Å². The number of hydrogen-bond acceptors (Lipinski definition) is 4. The number of nitrogens with one attached hydrogen (secondary N) is 1. The van der Waals surface area contributed by atoms with Crippen molar-refractivity contribution in [2.75, 3.05) is 32.3 Å². The number of quaternary nitrogens is 1. The fourth-order valence-electron chi connectivity index (χ4n) is 4.40. The summed E-state index contributed by atoms with van der Waals surface area (Å²) in [5.74, 6) is -0.243. The summed E-state index contributed by atoms with van der Waals surface area (Å²) in [6.07, 6.45) is 2.75. The number of benzene rings is 2. The number of piperidine rings is 1. The number of ether oxygens (including phenoxy) is 1. The van der Waals surface area contributed by atoms with Crippen molar-refractivity contribution in [3.63, 3.8) is 0 Å². The van der Waals surface area contributed by atoms with E-state index in [1.165, 1.54) is 6.42 Å². The van der Waals surface area contributed by atoms with E-state index in [1.807, 2.05) is 31.3 Å². The molecule has 4 rings (SSSR count). The fourth-order valence-corrected chi connectivity index (χ4v) is 5.02. The van der Waals surface area contributed by atoms with E-state index < -0.39 is 12.1 Å². The van der Waals surface area contributed by atoms with E-state index in [9.17, 15) is 4.79 Å². The number of amides is 1. The van der Waals surface area contributed by atoms with Gasteiger partial charge in [0.25, 0.3) is 0 Å². The monoisotopic (exact) mass is 622 g/mol. The molecule has 0 spiro atoms. The molecule has 33 heavy (non-hydrogen) atoms. The number of methoxy groups -OCH3 is 1. The number of nitrogens with zero attached hydrogens (tertiary/aromatic N) is 3. The van der Waals surface area contributed by atoms with Crippen LogP contribution in [-0.4, -0.2) is 49.6 Å². The molecule has 2 aromatic carbocycles. The molecule has 10 heteroatoms. The van der Waals surface area contributed by atoms with E-state index in [1.54, 1.807) is 30.3 Å². The molecule has 1 N–H and O–H groups in total. The van der Waals surface area contributed by atoms with Gasteiger partial charge in [-0.05, 0) is 55.2 Å². The Morgan fingerprint density at radius 3 is 2.30 bits per heavy atom. The van der Waals surface area contributed by atoms with Gasteiger partial charge < -0.3 is 28.7 Å². The van der Waals surface area contributed by atoms with E-state index in [4.69, 9.17) is 44.6 Å². The molecule has 0 saturated carbocycles. The molecule has 178 valence electrons. The first-order chi connectivity index (χ1) is 15.3. The van der Waals surface area contributed by atoms with Gasteiger partial charge in [0, 0.05) is 17.2 Å². The number of rotatable bonds is 5. The zero-order chi connectivity index (χ0) is 22.9. The summed E-state index contributed by atoms with van der Waals surface area (Å²) in [7, 11) is 3.62. The zero-order valence-electron chi connectivity index (χ0n) is 18.4. The molecule has 0 bridgehead atoms. The third-order valence-electron chi connectivity index (χ3n) is 6.06. The van der Waals surface area contributed by atoms with Gasteiger partial charge in [-0.25, -0.2) is 4.59 Å². The number of hydrogen-bond donors (Lipinski definition) is 1. The van der Waals surface area contributed by atoms with Gasteiger partial charge in [-0.15, -0.1) is 0 Å². The smallest absolute Gasteiger partial charge is 0.314 e. The molecule has 1 amide bonds. The van der Waals surface area contributed by atoms with E-state index in [2.05, 4.69) is 5.43 Å². The van der Waals surface area contributed by atoms with E-state index in [0.29, 0.717) is 31.1 Å². The molecule has 2 aliphatic rings. The largest absolute Gasteiger partial charge is 1.00 e. The molecule has 2 aliphatic heterocycles. The van der Waals surface area contributed by atoms with Crippen LogP contribution < -0.4 is 34.4 Å². The number of likely N-dealkylation sites (tertiary alicyclic amines) is 1. The molecule has 6 nitrogen and oxygen atoms in total. The maximum Gasteiger partial charge on any atom is 0.314 e. The minimum atomic E-state index is -0.598. The summed E-state index contributed by atoms with van der Waals surface area (Å²) in [6, 6.07) is 12.2. The zero-order valence-corrected chi connectivity index (χ0v) is 22.8. The first-order valence-electron chi connectivity index (χ1n) is 10.6. The number of hydrazone groups is 1. The van der Waals surface area contributed by atoms with Gasteiger partial charge >= 0.3 is 5.91 Å². The van der Waals surface area contributed by atoms with Gasteiger partial charge in [0.05, 0.1) is 17.8 Å². The van der Waals surface area contributed by atoms with Crippen molar-refractivity contribution in [1.82, 2.24) is 5.43 Å². The number of halogens is 4. The highest BCUT2D eigenvalue weighted by atomic mass is 127. The Morgan fingerprint density at radius 1 is 1.06 bits per heavy atom. The highest BCUT2D eigenvalue weighted by Crippen LogP contribution is 2.41. The van der Waals surface area contributed by atoms with Gasteiger partial charge in [0.1, 0.15) is 25.2 Å². The second-order valence-corrected chi connectivity index (χ2v) is 9.70. The average molecular weight is 624 g/mol. The summed E-state index contributed by atoms with van der Waals surface area (Å²) in [4.78, 5) is 13.4. The van der Waals surface area contributed by atoms with Crippen LogP contribution in [0.1, 0.15) is 30.9 Å². The molecule has 1 saturated heterocycles. The third-order valence-corrected chi connectivity index (χ3v) is 6.85. The molecular formula is C23H26Cl3IN4O2. The molecule has 0 aliphatic carbocycles. The minimum Gasteiger partial charge on any atom is -1.00 e. The summed E-state index contributed by atoms with van der Waals surface area (Å²) in [5, 5.41) is 8.04. The Hall–Kier alpha value is -1.10. The molecule has 2 heterocycles. The van der Waals surface area contributed by atoms with Gasteiger partial charge in [0.15, 0.2) is 5.71 Å². The fraction of sp³-hybridized carbons (Fsp3) is 0.391. The second kappa shape index (κ2) is 11.1. The Morgan fingerprint density at radius 2 is 1.70 bits per heavy atom. The number of anilines is 1. The van der Waals surface area contributed by atoms with Crippen molar-refractivity contribution in [1.29, 1.82) is 0 Å². The normalized spacial score (nSPS) is 21.8. The van der Waals surface area contributed by atoms with Gasteiger partial charge in [-0.3, -0.25) is 9.80 Å². The third kappa shape index (κ3) is 5.77. The van der Waals surface area contributed by atoms with E-state index in [-0.39, 0.29) is 29.9 Å². The molecule has 2 atom stereocenters. The van der Waals surface area contributed by atoms with E-state index >= 15 is 0 Å². The van der Waals surface area contributed by atoms with Crippen molar-refractivity contribution in [2.24, 2.45) is 5.10 Å². The van der Waals surface area contributed by atoms with Crippen LogP contribution in [0.4, 0.5) is 5.69 Å². The van der Waals surface area contributed by atoms with Crippen LogP contribution >= 0.6 is 34.8 Å². The quantitative estimate of drug-likeness (QED) is 0.411. The SMILES string of the molecule is CO[C@@H]1C(C(=O)N[N+]2(C)CCCCC2)=NN(c2ccc(Cl)cc2Cl)[C@@H]1c1ccc(Cl)cc1.[I-]. The molecule has 0 radical (unpaired) electrons. The van der Waals surface area contributed by atoms with E-state index in [0.717, 1.165) is 31.5 Å². The van der Waals surface area contributed by atoms with Crippen molar-refractivity contribution < 1.29 is 38.1 Å². The van der Waals surface area contributed by atoms with Gasteiger partial charge in [-0.2, -0.15) is 10.5 Å². The second-order valence-electron chi connectivity index (χ2n) is 8.42. The lowest BCUT2D eigenvalue weighted by atomic mass is 9.98. The van der Waals surface area contributed by atoms with Gasteiger partial charge in [0.2, 0.25) is 0 Å². The standard InChI is InChI=1S/C23H25Cl3N4O2.HI/c1-30(12-4-3-5-13-30)28-23(31)20-22(32-2)21(15-6-8-16(24)9-7-15)29(27-20)19-11-10-17(25)14-18(19)26;/h6-11,14,21-22H,3-5,12-13H2,1-2H3;1H/t21-,22-;/m1./s1. The highest BCUT2D eigenvalue weighted by Gasteiger charge is 2.44. The Bertz CT molecular complexity index is 1030. The van der Waals surface area contributed by atoms with Crippen molar-refractivity contribution in [3.8, 4) is 0 Å². The van der Waals surface area contributed by atoms with Gasteiger partial charge in [-0.1, -0.05) is 46.9 Å². The van der Waals surface area contributed by atoms with Crippen molar-refractivity contribution >= 4 is 52.1 Å². The summed E-state index contributed by atoms with van der Waals surface area (Å²) < 4.78 is 6.32. The topological polar surface area (TPSA) is 53.9 Å². The molecule has 0 unspecified atom stereocenters. The van der Waals surface area contributed by atoms with Crippen molar-refractivity contribution in [3.05, 3.63) is 63.1 Å². The minimum absolute atomic E-state index is 0. The molecule has 0 aromatic heterocycles. The van der Waals surface area contributed by atoms with Crippen molar-refractivity contribution in [2.45, 2.75) is 31.4 Å². The van der Waals surface area contributed by atoms with Crippen LogP contribution in [0.2, 0.25) is 15.1 Å². The summed E-state index contributed by atoms with van der Waals surface area (Å²) in [5.41, 5.74) is 5.01. The maximum atomic E-state index is 13.4. The number of carbonyl (C=O) groups is 1. The lowest BCUT2D eigenvalue weighted by Crippen LogP contribution is -3.00. The van der Waals surface area contributed by atoms with Crippen LogP contribution in [0, 0.1) is 0 Å². The predicted molar refractivity (Wildman–Crippen MR) is 129 cm³/mol. The molecule has 2 aromatic rings. The lowest BCUT2D eigenvalue weighted by Gasteiger charge is -2.36. The highest BCUT2D eigenvalue weighted by molar-refractivity contribution is 6.41. The average Bonchev–Trinajstić information content (AvgIpc) is 3.14. The Labute approximate surface area is 226 Å². The predicted octanol–water partition coefficient (Wildman–Crippen LogP) is 2.24. The van der Waals surface area contributed by atoms with Crippen LogP contribution in [0.15, 0.2) is 47.6 Å². The molecule has 1 fully saturated rings. The Balaban J connectivity index is 0.00000306. The first-order valence-corrected chi connectivity index (χ1v) is 11.7. The maximum absolute atomic E-state index is 13.4. The van der Waals surface area contributed by atoms with Crippen LogP contribution in [0.3, 0.4) is 0 Å².